The van der Waals surface area contributed by atoms with E-state index in [1.165, 1.54) is 12.1 Å². The van der Waals surface area contributed by atoms with Crippen LogP contribution in [0.3, 0.4) is 0 Å². The van der Waals surface area contributed by atoms with Gasteiger partial charge in [0.15, 0.2) is 0 Å². The second-order valence-corrected chi connectivity index (χ2v) is 5.62. The number of methoxy groups -OCH3 is 1. The Morgan fingerprint density at radius 2 is 2.04 bits per heavy atom. The monoisotopic (exact) mass is 321 g/mol. The number of rotatable bonds is 6. The first-order valence-electron chi connectivity index (χ1n) is 7.59. The Kier molecular flexibility index (Phi) is 6.09. The van der Waals surface area contributed by atoms with Crippen LogP contribution in [-0.2, 0) is 9.53 Å². The highest BCUT2D eigenvalue weighted by molar-refractivity contribution is 5.93. The number of carbonyl (C=O) groups is 2. The molecule has 0 spiro atoms. The Morgan fingerprint density at radius 1 is 1.35 bits per heavy atom. The average molecular weight is 321 g/mol. The van der Waals surface area contributed by atoms with E-state index in [4.69, 9.17) is 9.84 Å². The number of nitrogens with zero attached hydrogens (tertiary/aromatic N) is 1. The summed E-state index contributed by atoms with van der Waals surface area (Å²) in [6, 6.07) is 6.43. The molecule has 2 unspecified atom stereocenters. The van der Waals surface area contributed by atoms with Crippen molar-refractivity contribution >= 4 is 17.6 Å². The Morgan fingerprint density at radius 3 is 2.61 bits per heavy atom. The van der Waals surface area contributed by atoms with Crippen LogP contribution < -0.4 is 10.6 Å². The molecule has 2 rings (SSSR count). The summed E-state index contributed by atoms with van der Waals surface area (Å²) >= 11 is 0. The number of benzene rings is 1. The molecule has 1 aromatic rings. The smallest absolute Gasteiger partial charge is 0.335 e. The summed E-state index contributed by atoms with van der Waals surface area (Å²) < 4.78 is 5.47. The maximum absolute atomic E-state index is 12.1. The number of carbonyl (C=O) groups excluding carboxylic acids is 1. The van der Waals surface area contributed by atoms with Gasteiger partial charge in [0.25, 0.3) is 0 Å². The Labute approximate surface area is 135 Å². The first-order valence-corrected chi connectivity index (χ1v) is 7.59. The van der Waals surface area contributed by atoms with Crippen LogP contribution in [0.4, 0.5) is 5.69 Å². The van der Waals surface area contributed by atoms with Gasteiger partial charge in [0.1, 0.15) is 0 Å². The molecule has 126 valence electrons. The van der Waals surface area contributed by atoms with Crippen molar-refractivity contribution in [3.8, 4) is 0 Å². The number of hydrogen-bond donors (Lipinski definition) is 3. The molecule has 0 radical (unpaired) electrons. The third kappa shape index (κ3) is 4.75. The fourth-order valence-corrected chi connectivity index (χ4v) is 2.79. The van der Waals surface area contributed by atoms with Crippen molar-refractivity contribution < 1.29 is 19.4 Å². The van der Waals surface area contributed by atoms with E-state index in [0.717, 1.165) is 13.0 Å². The predicted molar refractivity (Wildman–Crippen MR) is 86.7 cm³/mol. The van der Waals surface area contributed by atoms with Crippen molar-refractivity contribution in [3.63, 3.8) is 0 Å². The first-order chi connectivity index (χ1) is 11.0. The van der Waals surface area contributed by atoms with Gasteiger partial charge in [-0.2, -0.15) is 0 Å². The van der Waals surface area contributed by atoms with E-state index < -0.39 is 5.97 Å². The molecule has 1 aliphatic rings. The third-order valence-corrected chi connectivity index (χ3v) is 4.10. The van der Waals surface area contributed by atoms with Crippen LogP contribution in [0.1, 0.15) is 16.8 Å². The molecular formula is C16H23N3O4. The van der Waals surface area contributed by atoms with E-state index >= 15 is 0 Å². The van der Waals surface area contributed by atoms with E-state index in [1.54, 1.807) is 19.2 Å². The number of anilines is 1. The number of carboxylic acids is 1. The SMILES string of the molecule is CNC1CCN(CC(=O)Nc2ccc(C(=O)O)cc2)CC1OC. The van der Waals surface area contributed by atoms with Gasteiger partial charge in [-0.05, 0) is 37.7 Å². The summed E-state index contributed by atoms with van der Waals surface area (Å²) in [7, 11) is 3.60. The van der Waals surface area contributed by atoms with E-state index in [9.17, 15) is 9.59 Å². The largest absolute Gasteiger partial charge is 0.478 e. The lowest BCUT2D eigenvalue weighted by atomic mass is 10.0. The molecule has 0 aromatic heterocycles. The predicted octanol–water partition coefficient (Wildman–Crippen LogP) is 0.632. The number of likely N-dealkylation sites (tertiary alicyclic amines) is 1. The summed E-state index contributed by atoms with van der Waals surface area (Å²) in [6.45, 7) is 1.82. The van der Waals surface area contributed by atoms with Crippen molar-refractivity contribution in [1.29, 1.82) is 0 Å². The molecule has 3 N–H and O–H groups in total. The van der Waals surface area contributed by atoms with Crippen LogP contribution in [0, 0.1) is 0 Å². The second-order valence-electron chi connectivity index (χ2n) is 5.62. The highest BCUT2D eigenvalue weighted by atomic mass is 16.5. The minimum absolute atomic E-state index is 0.0661. The molecule has 1 fully saturated rings. The van der Waals surface area contributed by atoms with Crippen molar-refractivity contribution in [2.24, 2.45) is 0 Å². The molecule has 1 aliphatic heterocycles. The summed E-state index contributed by atoms with van der Waals surface area (Å²) in [5.74, 6) is -1.10. The summed E-state index contributed by atoms with van der Waals surface area (Å²) in [6.07, 6.45) is 0.992. The van der Waals surface area contributed by atoms with Crippen LogP contribution in [0.5, 0.6) is 0 Å². The maximum Gasteiger partial charge on any atom is 0.335 e. The number of piperidine rings is 1. The van der Waals surface area contributed by atoms with Gasteiger partial charge >= 0.3 is 5.97 Å². The highest BCUT2D eigenvalue weighted by Crippen LogP contribution is 2.14. The lowest BCUT2D eigenvalue weighted by Gasteiger charge is -2.37. The lowest BCUT2D eigenvalue weighted by molar-refractivity contribution is -0.118. The number of carboxylic acid groups (broad SMARTS) is 1. The van der Waals surface area contributed by atoms with Gasteiger partial charge in [-0.3, -0.25) is 9.69 Å². The molecule has 0 aliphatic carbocycles. The van der Waals surface area contributed by atoms with Crippen molar-refractivity contribution in [3.05, 3.63) is 29.8 Å². The van der Waals surface area contributed by atoms with Gasteiger partial charge < -0.3 is 20.5 Å². The van der Waals surface area contributed by atoms with E-state index in [2.05, 4.69) is 15.5 Å². The van der Waals surface area contributed by atoms with Gasteiger partial charge in [0, 0.05) is 31.9 Å². The number of likely N-dealkylation sites (N-methyl/N-ethyl adjacent to an activating group) is 1. The lowest BCUT2D eigenvalue weighted by Crippen LogP contribution is -2.53. The second kappa shape index (κ2) is 8.05. The fourth-order valence-electron chi connectivity index (χ4n) is 2.79. The van der Waals surface area contributed by atoms with Gasteiger partial charge in [0.2, 0.25) is 5.91 Å². The number of amides is 1. The van der Waals surface area contributed by atoms with Gasteiger partial charge in [-0.25, -0.2) is 4.79 Å². The van der Waals surface area contributed by atoms with Gasteiger partial charge in [0.05, 0.1) is 18.2 Å². The Balaban J connectivity index is 1.86. The summed E-state index contributed by atoms with van der Waals surface area (Å²) in [4.78, 5) is 25.0. The molecule has 23 heavy (non-hydrogen) atoms. The number of ether oxygens (including phenoxy) is 1. The molecular weight excluding hydrogens is 298 g/mol. The minimum atomic E-state index is -0.985. The molecule has 1 saturated heterocycles. The normalized spacial score (nSPS) is 21.8. The zero-order valence-electron chi connectivity index (χ0n) is 13.4. The van der Waals surface area contributed by atoms with E-state index in [-0.39, 0.29) is 24.1 Å². The molecule has 1 heterocycles. The topological polar surface area (TPSA) is 90.9 Å². The average Bonchev–Trinajstić information content (AvgIpc) is 2.55. The van der Waals surface area contributed by atoms with E-state index in [0.29, 0.717) is 18.3 Å². The minimum Gasteiger partial charge on any atom is -0.478 e. The first kappa shape index (κ1) is 17.4. The molecule has 7 nitrogen and oxygen atoms in total. The van der Waals surface area contributed by atoms with Crippen LogP contribution in [0.25, 0.3) is 0 Å². The third-order valence-electron chi connectivity index (χ3n) is 4.10. The Bertz CT molecular complexity index is 547. The molecule has 1 aromatic carbocycles. The summed E-state index contributed by atoms with van der Waals surface area (Å²) in [5.41, 5.74) is 0.786. The van der Waals surface area contributed by atoms with Crippen LogP contribution in [0.2, 0.25) is 0 Å². The molecule has 1 amide bonds. The Hall–Kier alpha value is -1.96. The van der Waals surface area contributed by atoms with Crippen molar-refractivity contribution in [1.82, 2.24) is 10.2 Å². The summed E-state index contributed by atoms with van der Waals surface area (Å²) in [5, 5.41) is 14.9. The van der Waals surface area contributed by atoms with Gasteiger partial charge in [-0.1, -0.05) is 0 Å². The fraction of sp³-hybridized carbons (Fsp3) is 0.500. The van der Waals surface area contributed by atoms with Crippen LogP contribution in [0.15, 0.2) is 24.3 Å². The van der Waals surface area contributed by atoms with Gasteiger partial charge in [-0.15, -0.1) is 0 Å². The highest BCUT2D eigenvalue weighted by Gasteiger charge is 2.28. The molecule has 0 bridgehead atoms. The molecule has 0 saturated carbocycles. The number of hydrogen-bond acceptors (Lipinski definition) is 5. The van der Waals surface area contributed by atoms with Crippen molar-refractivity contribution in [2.45, 2.75) is 18.6 Å². The van der Waals surface area contributed by atoms with E-state index in [1.807, 2.05) is 7.05 Å². The molecule has 7 heteroatoms. The van der Waals surface area contributed by atoms with Crippen LogP contribution >= 0.6 is 0 Å². The van der Waals surface area contributed by atoms with Crippen molar-refractivity contribution in [2.75, 3.05) is 39.1 Å². The standard InChI is InChI=1S/C16H23N3O4/c1-17-13-7-8-19(9-14(13)23-2)10-15(20)18-12-5-3-11(4-6-12)16(21)22/h3-6,13-14,17H,7-10H2,1-2H3,(H,18,20)(H,21,22). The number of nitrogens with one attached hydrogen (secondary N) is 2. The zero-order chi connectivity index (χ0) is 16.8. The van der Waals surface area contributed by atoms with Crippen LogP contribution in [-0.4, -0.2) is 67.8 Å². The number of aromatic carboxylic acids is 1. The quantitative estimate of drug-likeness (QED) is 0.712. The maximum atomic E-state index is 12.1. The zero-order valence-corrected chi connectivity index (χ0v) is 13.4. The molecule has 2 atom stereocenters.